The van der Waals surface area contributed by atoms with Gasteiger partial charge in [0.25, 0.3) is 0 Å². The molecule has 1 atom stereocenters. The zero-order valence-corrected chi connectivity index (χ0v) is 10.2. The van der Waals surface area contributed by atoms with Gasteiger partial charge < -0.3 is 5.11 Å². The molecule has 1 rings (SSSR count). The van der Waals surface area contributed by atoms with E-state index < -0.39 is 5.97 Å². The monoisotopic (exact) mass is 239 g/mol. The molecule has 1 unspecified atom stereocenters. The van der Waals surface area contributed by atoms with Crippen molar-refractivity contribution in [3.8, 4) is 0 Å². The fourth-order valence-corrected chi connectivity index (χ4v) is 1.97. The van der Waals surface area contributed by atoms with E-state index in [9.17, 15) is 9.18 Å². The maximum Gasteiger partial charge on any atom is 0.305 e. The summed E-state index contributed by atoms with van der Waals surface area (Å²) in [6, 6.07) is 5.85. The van der Waals surface area contributed by atoms with E-state index in [0.717, 1.165) is 18.7 Å². The number of hydrogen-bond donors (Lipinski definition) is 1. The van der Waals surface area contributed by atoms with Crippen LogP contribution in [-0.2, 0) is 4.79 Å². The number of carboxylic acids is 1. The van der Waals surface area contributed by atoms with E-state index in [1.54, 1.807) is 12.1 Å². The molecule has 94 valence electrons. The minimum atomic E-state index is -0.841. The van der Waals surface area contributed by atoms with E-state index in [1.807, 2.05) is 13.8 Å². The Morgan fingerprint density at radius 1 is 1.29 bits per heavy atom. The number of nitrogens with zero attached hydrogens (tertiary/aromatic N) is 1. The van der Waals surface area contributed by atoms with Gasteiger partial charge in [0, 0.05) is 6.04 Å². The lowest BCUT2D eigenvalue weighted by Crippen LogP contribution is -2.30. The molecule has 0 aliphatic rings. The molecule has 3 nitrogen and oxygen atoms in total. The van der Waals surface area contributed by atoms with Crippen LogP contribution in [0.2, 0.25) is 0 Å². The van der Waals surface area contributed by atoms with Gasteiger partial charge >= 0.3 is 5.97 Å². The quantitative estimate of drug-likeness (QED) is 0.829. The van der Waals surface area contributed by atoms with Crippen LogP contribution in [0.5, 0.6) is 0 Å². The third-order valence-corrected chi connectivity index (χ3v) is 2.88. The van der Waals surface area contributed by atoms with Gasteiger partial charge in [-0.25, -0.2) is 4.39 Å². The number of benzene rings is 1. The highest BCUT2D eigenvalue weighted by Gasteiger charge is 2.20. The Hall–Kier alpha value is -1.42. The lowest BCUT2D eigenvalue weighted by atomic mass is 10.0. The maximum absolute atomic E-state index is 12.8. The van der Waals surface area contributed by atoms with Crippen molar-refractivity contribution in [2.75, 3.05) is 13.1 Å². The standard InChI is InChI=1S/C13H18FNO2/c1-3-15(4-2)12(9-13(16)17)10-5-7-11(14)8-6-10/h5-8,12H,3-4,9H2,1-2H3,(H,16,17). The molecule has 0 saturated carbocycles. The van der Waals surface area contributed by atoms with Crippen molar-refractivity contribution >= 4 is 5.97 Å². The first-order valence-electron chi connectivity index (χ1n) is 5.79. The molecular weight excluding hydrogens is 221 g/mol. The summed E-state index contributed by atoms with van der Waals surface area (Å²) in [6.45, 7) is 5.52. The maximum atomic E-state index is 12.8. The lowest BCUT2D eigenvalue weighted by molar-refractivity contribution is -0.138. The minimum Gasteiger partial charge on any atom is -0.481 e. The predicted molar refractivity (Wildman–Crippen MR) is 64.3 cm³/mol. The Bertz CT molecular complexity index is 360. The molecule has 1 N–H and O–H groups in total. The van der Waals surface area contributed by atoms with Crippen LogP contribution >= 0.6 is 0 Å². The minimum absolute atomic E-state index is 0.0350. The second kappa shape index (κ2) is 6.35. The summed E-state index contributed by atoms with van der Waals surface area (Å²) in [4.78, 5) is 12.9. The second-order valence-corrected chi connectivity index (χ2v) is 3.89. The molecule has 17 heavy (non-hydrogen) atoms. The van der Waals surface area contributed by atoms with Gasteiger partial charge in [-0.1, -0.05) is 26.0 Å². The molecule has 0 bridgehead atoms. The van der Waals surface area contributed by atoms with Gasteiger partial charge in [0.2, 0.25) is 0 Å². The van der Waals surface area contributed by atoms with Crippen LogP contribution in [0.4, 0.5) is 4.39 Å². The molecule has 1 aromatic rings. The molecule has 1 aromatic carbocycles. The average Bonchev–Trinajstić information content (AvgIpc) is 2.30. The number of hydrogen-bond acceptors (Lipinski definition) is 2. The highest BCUT2D eigenvalue weighted by Crippen LogP contribution is 2.24. The van der Waals surface area contributed by atoms with Crippen LogP contribution in [0.1, 0.15) is 31.9 Å². The Labute approximate surface area is 101 Å². The third kappa shape index (κ3) is 3.82. The lowest BCUT2D eigenvalue weighted by Gasteiger charge is -2.28. The van der Waals surface area contributed by atoms with Gasteiger partial charge in [-0.05, 0) is 30.8 Å². The Kier molecular flexibility index (Phi) is 5.10. The van der Waals surface area contributed by atoms with Gasteiger partial charge in [0.05, 0.1) is 6.42 Å². The molecule has 0 aromatic heterocycles. The molecule has 0 amide bonds. The summed E-state index contributed by atoms with van der Waals surface area (Å²) in [5.41, 5.74) is 0.845. The second-order valence-electron chi connectivity index (χ2n) is 3.89. The summed E-state index contributed by atoms with van der Waals surface area (Å²) in [6.07, 6.45) is 0.0350. The molecule has 0 aliphatic carbocycles. The average molecular weight is 239 g/mol. The largest absolute Gasteiger partial charge is 0.481 e. The summed E-state index contributed by atoms with van der Waals surface area (Å²) in [5, 5.41) is 8.94. The number of carboxylic acid groups (broad SMARTS) is 1. The highest BCUT2D eigenvalue weighted by molar-refractivity contribution is 5.67. The molecule has 0 heterocycles. The normalized spacial score (nSPS) is 12.7. The first-order chi connectivity index (χ1) is 8.08. The summed E-state index contributed by atoms with van der Waals surface area (Å²) in [7, 11) is 0. The van der Waals surface area contributed by atoms with Crippen molar-refractivity contribution in [2.24, 2.45) is 0 Å². The highest BCUT2D eigenvalue weighted by atomic mass is 19.1. The molecule has 0 fully saturated rings. The van der Waals surface area contributed by atoms with Gasteiger partial charge in [0.15, 0.2) is 0 Å². The number of rotatable bonds is 6. The van der Waals surface area contributed by atoms with E-state index in [4.69, 9.17) is 5.11 Å². The van der Waals surface area contributed by atoms with Crippen molar-refractivity contribution in [2.45, 2.75) is 26.3 Å². The predicted octanol–water partition coefficient (Wildman–Crippen LogP) is 2.68. The molecule has 0 radical (unpaired) electrons. The van der Waals surface area contributed by atoms with Gasteiger partial charge in [0.1, 0.15) is 5.82 Å². The number of halogens is 1. The first-order valence-corrected chi connectivity index (χ1v) is 5.79. The summed E-state index contributed by atoms with van der Waals surface area (Å²) >= 11 is 0. The van der Waals surface area contributed by atoms with Crippen LogP contribution in [0, 0.1) is 5.82 Å². The van der Waals surface area contributed by atoms with Crippen molar-refractivity contribution in [3.63, 3.8) is 0 Å². The van der Waals surface area contributed by atoms with E-state index in [2.05, 4.69) is 4.90 Å². The van der Waals surface area contributed by atoms with Crippen LogP contribution in [0.15, 0.2) is 24.3 Å². The SMILES string of the molecule is CCN(CC)C(CC(=O)O)c1ccc(F)cc1. The van der Waals surface area contributed by atoms with Gasteiger partial charge in [-0.15, -0.1) is 0 Å². The van der Waals surface area contributed by atoms with Crippen LogP contribution in [-0.4, -0.2) is 29.1 Å². The van der Waals surface area contributed by atoms with Crippen molar-refractivity contribution in [1.82, 2.24) is 4.90 Å². The van der Waals surface area contributed by atoms with Crippen molar-refractivity contribution in [1.29, 1.82) is 0 Å². The fraction of sp³-hybridized carbons (Fsp3) is 0.462. The van der Waals surface area contributed by atoms with E-state index >= 15 is 0 Å². The van der Waals surface area contributed by atoms with E-state index in [-0.39, 0.29) is 18.3 Å². The summed E-state index contributed by atoms with van der Waals surface area (Å²) in [5.74, 6) is -1.14. The van der Waals surface area contributed by atoms with Gasteiger partial charge in [-0.2, -0.15) is 0 Å². The van der Waals surface area contributed by atoms with E-state index in [1.165, 1.54) is 12.1 Å². The fourth-order valence-electron chi connectivity index (χ4n) is 1.97. The van der Waals surface area contributed by atoms with Gasteiger partial charge in [-0.3, -0.25) is 9.69 Å². The number of carbonyl (C=O) groups is 1. The molecular formula is C13H18FNO2. The van der Waals surface area contributed by atoms with Crippen molar-refractivity contribution in [3.05, 3.63) is 35.6 Å². The first kappa shape index (κ1) is 13.6. The van der Waals surface area contributed by atoms with Crippen LogP contribution < -0.4 is 0 Å². The van der Waals surface area contributed by atoms with E-state index in [0.29, 0.717) is 0 Å². The Morgan fingerprint density at radius 2 is 1.82 bits per heavy atom. The molecule has 0 saturated heterocycles. The third-order valence-electron chi connectivity index (χ3n) is 2.88. The zero-order valence-electron chi connectivity index (χ0n) is 10.2. The molecule has 4 heteroatoms. The Morgan fingerprint density at radius 3 is 2.24 bits per heavy atom. The Balaban J connectivity index is 2.96. The smallest absolute Gasteiger partial charge is 0.305 e. The molecule has 0 spiro atoms. The number of aliphatic carboxylic acids is 1. The van der Waals surface area contributed by atoms with Crippen molar-refractivity contribution < 1.29 is 14.3 Å². The summed E-state index contributed by atoms with van der Waals surface area (Å²) < 4.78 is 12.8. The molecule has 0 aliphatic heterocycles. The van der Waals surface area contributed by atoms with Crippen LogP contribution in [0.25, 0.3) is 0 Å². The van der Waals surface area contributed by atoms with Crippen LogP contribution in [0.3, 0.4) is 0 Å². The zero-order chi connectivity index (χ0) is 12.8. The topological polar surface area (TPSA) is 40.5 Å².